The van der Waals surface area contributed by atoms with Crippen LogP contribution in [0.4, 0.5) is 0 Å². The number of para-hydroxylation sites is 2. The summed E-state index contributed by atoms with van der Waals surface area (Å²) in [4.78, 5) is 24.7. The average molecular weight is 258 g/mol. The van der Waals surface area contributed by atoms with Gasteiger partial charge in [0.05, 0.1) is 5.52 Å². The molecule has 0 aliphatic carbocycles. The minimum absolute atomic E-state index is 0.261. The van der Waals surface area contributed by atoms with Crippen molar-refractivity contribution < 1.29 is 9.21 Å². The van der Waals surface area contributed by atoms with E-state index in [1.807, 2.05) is 18.2 Å². The van der Waals surface area contributed by atoms with Crippen LogP contribution in [0.25, 0.3) is 11.1 Å². The molecule has 0 fully saturated rings. The molecule has 0 aliphatic heterocycles. The van der Waals surface area contributed by atoms with Crippen molar-refractivity contribution in [2.75, 3.05) is 13.6 Å². The van der Waals surface area contributed by atoms with Crippen LogP contribution in [0.3, 0.4) is 0 Å². The Morgan fingerprint density at radius 1 is 1.42 bits per heavy atom. The highest BCUT2D eigenvalue weighted by atomic mass is 16.4. The number of benzene rings is 1. The molecule has 2 aromatic rings. The first kappa shape index (κ1) is 13.0. The summed E-state index contributed by atoms with van der Waals surface area (Å²) in [6.07, 6.45) is 0. The van der Waals surface area contributed by atoms with Gasteiger partial charge in [-0.2, -0.15) is 0 Å². The first-order valence-corrected chi connectivity index (χ1v) is 5.89. The van der Waals surface area contributed by atoms with Gasteiger partial charge in [-0.1, -0.05) is 18.1 Å². The van der Waals surface area contributed by atoms with Gasteiger partial charge < -0.3 is 9.32 Å². The number of likely N-dealkylation sites (N-methyl/N-ethyl adjacent to an activating group) is 1. The fourth-order valence-corrected chi connectivity index (χ4v) is 1.78. The van der Waals surface area contributed by atoms with E-state index in [1.165, 1.54) is 9.47 Å². The maximum atomic E-state index is 11.7. The zero-order valence-electron chi connectivity index (χ0n) is 10.8. The zero-order valence-corrected chi connectivity index (χ0v) is 10.8. The lowest BCUT2D eigenvalue weighted by Gasteiger charge is -2.13. The molecule has 1 aromatic heterocycles. The van der Waals surface area contributed by atoms with Crippen LogP contribution in [-0.2, 0) is 11.3 Å². The Morgan fingerprint density at radius 3 is 2.89 bits per heavy atom. The molecule has 98 valence electrons. The van der Waals surface area contributed by atoms with E-state index in [-0.39, 0.29) is 5.91 Å². The van der Waals surface area contributed by atoms with Crippen LogP contribution in [-0.4, -0.2) is 29.0 Å². The highest BCUT2D eigenvalue weighted by Crippen LogP contribution is 2.11. The summed E-state index contributed by atoms with van der Waals surface area (Å²) in [6.45, 7) is 2.39. The van der Waals surface area contributed by atoms with Crippen LogP contribution >= 0.6 is 0 Å². The first-order valence-electron chi connectivity index (χ1n) is 5.89. The maximum Gasteiger partial charge on any atom is 0.420 e. The monoisotopic (exact) mass is 258 g/mol. The second-order valence-electron chi connectivity index (χ2n) is 4.09. The number of oxazole rings is 1. The normalized spacial score (nSPS) is 10.0. The highest BCUT2D eigenvalue weighted by molar-refractivity contribution is 5.93. The van der Waals surface area contributed by atoms with Crippen molar-refractivity contribution in [2.45, 2.75) is 13.5 Å². The number of aromatic nitrogens is 1. The van der Waals surface area contributed by atoms with E-state index in [4.69, 9.17) is 4.42 Å². The molecule has 0 N–H and O–H groups in total. The molecule has 0 saturated heterocycles. The minimum atomic E-state index is -0.413. The number of rotatable bonds is 3. The Bertz CT molecular complexity index is 715. The van der Waals surface area contributed by atoms with Crippen LogP contribution in [0.5, 0.6) is 0 Å². The van der Waals surface area contributed by atoms with Crippen molar-refractivity contribution in [3.8, 4) is 11.8 Å². The summed E-state index contributed by atoms with van der Waals surface area (Å²) < 4.78 is 6.63. The molecule has 5 nitrogen and oxygen atoms in total. The van der Waals surface area contributed by atoms with Gasteiger partial charge in [0.2, 0.25) is 0 Å². The molecule has 1 aromatic carbocycles. The smallest absolute Gasteiger partial charge is 0.408 e. The summed E-state index contributed by atoms with van der Waals surface area (Å²) in [5.41, 5.74) is 1.28. The molecule has 19 heavy (non-hydrogen) atoms. The van der Waals surface area contributed by atoms with Gasteiger partial charge in [-0.05, 0) is 25.0 Å². The third kappa shape index (κ3) is 2.68. The molecule has 0 bridgehead atoms. The van der Waals surface area contributed by atoms with Crippen molar-refractivity contribution in [3.63, 3.8) is 0 Å². The topological polar surface area (TPSA) is 55.5 Å². The summed E-state index contributed by atoms with van der Waals surface area (Å²) >= 11 is 0. The van der Waals surface area contributed by atoms with Crippen LogP contribution in [0.1, 0.15) is 6.92 Å². The Hall–Kier alpha value is -2.48. The molecule has 1 amide bonds. The molecule has 2 rings (SSSR count). The predicted molar refractivity (Wildman–Crippen MR) is 71.6 cm³/mol. The van der Waals surface area contributed by atoms with E-state index in [2.05, 4.69) is 11.8 Å². The molecule has 0 atom stereocenters. The van der Waals surface area contributed by atoms with Gasteiger partial charge in [-0.15, -0.1) is 0 Å². The second kappa shape index (κ2) is 5.44. The van der Waals surface area contributed by atoms with Gasteiger partial charge in [-0.25, -0.2) is 4.79 Å². The predicted octanol–water partition coefficient (Wildman–Crippen LogP) is 1.08. The summed E-state index contributed by atoms with van der Waals surface area (Å²) in [6, 6.07) is 7.20. The molecular weight excluding hydrogens is 244 g/mol. The first-order chi connectivity index (χ1) is 9.13. The summed E-state index contributed by atoms with van der Waals surface area (Å²) in [5, 5.41) is 0. The van der Waals surface area contributed by atoms with Gasteiger partial charge in [0.1, 0.15) is 0 Å². The van der Waals surface area contributed by atoms with E-state index in [0.717, 1.165) is 5.52 Å². The van der Waals surface area contributed by atoms with Gasteiger partial charge >= 0.3 is 5.76 Å². The van der Waals surface area contributed by atoms with E-state index in [0.29, 0.717) is 18.7 Å². The molecule has 1 heterocycles. The number of nitrogens with zero attached hydrogens (tertiary/aromatic N) is 2. The number of carbonyl (C=O) groups excluding carboxylic acids is 1. The summed E-state index contributed by atoms with van der Waals surface area (Å²) in [7, 11) is 1.65. The highest BCUT2D eigenvalue weighted by Gasteiger charge is 2.10. The second-order valence-corrected chi connectivity index (χ2v) is 4.09. The van der Waals surface area contributed by atoms with E-state index in [9.17, 15) is 9.59 Å². The van der Waals surface area contributed by atoms with Crippen molar-refractivity contribution in [1.29, 1.82) is 0 Å². The van der Waals surface area contributed by atoms with Crippen LogP contribution in [0, 0.1) is 11.8 Å². The fraction of sp³-hybridized carbons (Fsp3) is 0.286. The molecule has 0 spiro atoms. The lowest BCUT2D eigenvalue weighted by atomic mass is 10.3. The Balaban J connectivity index is 2.18. The lowest BCUT2D eigenvalue weighted by Crippen LogP contribution is -2.30. The van der Waals surface area contributed by atoms with Gasteiger partial charge in [-0.3, -0.25) is 9.36 Å². The molecule has 0 radical (unpaired) electrons. The fourth-order valence-electron chi connectivity index (χ4n) is 1.78. The van der Waals surface area contributed by atoms with Crippen molar-refractivity contribution in [1.82, 2.24) is 9.47 Å². The number of carbonyl (C=O) groups is 1. The lowest BCUT2D eigenvalue weighted by molar-refractivity contribution is -0.124. The largest absolute Gasteiger partial charge is 0.420 e. The molecule has 5 heteroatoms. The van der Waals surface area contributed by atoms with E-state index in [1.54, 1.807) is 20.0 Å². The number of hydrogen-bond donors (Lipinski definition) is 0. The van der Waals surface area contributed by atoms with Gasteiger partial charge in [0.25, 0.3) is 5.91 Å². The third-order valence-electron chi connectivity index (χ3n) is 2.81. The van der Waals surface area contributed by atoms with E-state index < -0.39 is 5.76 Å². The third-order valence-corrected chi connectivity index (χ3v) is 2.81. The number of amides is 1. The quantitative estimate of drug-likeness (QED) is 0.774. The van der Waals surface area contributed by atoms with Crippen LogP contribution in [0.2, 0.25) is 0 Å². The van der Waals surface area contributed by atoms with Crippen LogP contribution < -0.4 is 5.76 Å². The van der Waals surface area contributed by atoms with Gasteiger partial charge in [0.15, 0.2) is 5.58 Å². The molecule has 0 saturated carbocycles. The SMILES string of the molecule is CC#CC(=O)N(C)CCn1c(=O)oc2ccccc21. The van der Waals surface area contributed by atoms with Crippen molar-refractivity contribution in [2.24, 2.45) is 0 Å². The zero-order chi connectivity index (χ0) is 13.8. The van der Waals surface area contributed by atoms with Crippen LogP contribution in [0.15, 0.2) is 33.5 Å². The number of hydrogen-bond acceptors (Lipinski definition) is 3. The minimum Gasteiger partial charge on any atom is -0.408 e. The standard InChI is InChI=1S/C14H14N2O3/c1-3-6-13(17)15(2)9-10-16-11-7-4-5-8-12(11)19-14(16)18/h4-5,7-8H,9-10H2,1-2H3. The maximum absolute atomic E-state index is 11.7. The van der Waals surface area contributed by atoms with Crippen molar-refractivity contribution in [3.05, 3.63) is 34.8 Å². The molecular formula is C14H14N2O3. The molecule has 0 aliphatic rings. The van der Waals surface area contributed by atoms with Crippen molar-refractivity contribution >= 4 is 17.0 Å². The van der Waals surface area contributed by atoms with E-state index >= 15 is 0 Å². The Morgan fingerprint density at radius 2 is 2.16 bits per heavy atom. The van der Waals surface area contributed by atoms with Gasteiger partial charge in [0, 0.05) is 20.1 Å². The molecule has 0 unspecified atom stereocenters. The number of fused-ring (bicyclic) bond motifs is 1. The Labute approximate surface area is 110 Å². The summed E-state index contributed by atoms with van der Waals surface area (Å²) in [5.74, 6) is 4.33. The average Bonchev–Trinajstić information content (AvgIpc) is 2.72. The Kier molecular flexibility index (Phi) is 3.71.